The van der Waals surface area contributed by atoms with E-state index in [9.17, 15) is 20.4 Å². The first-order valence-electron chi connectivity index (χ1n) is 5.20. The van der Waals surface area contributed by atoms with Crippen LogP contribution in [0.15, 0.2) is 24.3 Å². The molecule has 0 amide bonds. The van der Waals surface area contributed by atoms with Crippen LogP contribution in [0.3, 0.4) is 0 Å². The normalized spacial score (nSPS) is 10.5. The Morgan fingerprint density at radius 1 is 1.06 bits per heavy atom. The number of phenols is 2. The van der Waals surface area contributed by atoms with Crippen LogP contribution < -0.4 is 4.84 Å². The molecule has 0 aliphatic heterocycles. The van der Waals surface area contributed by atoms with Gasteiger partial charge in [-0.3, -0.25) is 0 Å². The fourth-order valence-corrected chi connectivity index (χ4v) is 1.73. The van der Waals surface area contributed by atoms with E-state index in [1.165, 1.54) is 31.4 Å². The van der Waals surface area contributed by atoms with Crippen LogP contribution in [0.4, 0.5) is 0 Å². The Bertz CT molecular complexity index is 576. The lowest BCUT2D eigenvalue weighted by Crippen LogP contribution is -2.03. The van der Waals surface area contributed by atoms with Gasteiger partial charge in [-0.05, 0) is 11.6 Å². The molecule has 1 aromatic carbocycles. The molecular formula is C12H13NO5. The first-order valence-corrected chi connectivity index (χ1v) is 5.20. The van der Waals surface area contributed by atoms with E-state index in [1.54, 1.807) is 0 Å². The summed E-state index contributed by atoms with van der Waals surface area (Å²) in [4.78, 5) is 4.76. The van der Waals surface area contributed by atoms with Crippen LogP contribution >= 0.6 is 0 Å². The Hall–Kier alpha value is -2.50. The van der Waals surface area contributed by atoms with Crippen LogP contribution in [0.1, 0.15) is 11.1 Å². The maximum atomic E-state index is 9.76. The minimum atomic E-state index is -0.234. The van der Waals surface area contributed by atoms with Gasteiger partial charge in [0.25, 0.3) is 0 Å². The van der Waals surface area contributed by atoms with Gasteiger partial charge in [0.15, 0.2) is 0 Å². The molecule has 0 fully saturated rings. The Labute approximate surface area is 103 Å². The zero-order valence-electron chi connectivity index (χ0n) is 9.66. The van der Waals surface area contributed by atoms with Gasteiger partial charge < -0.3 is 25.3 Å². The van der Waals surface area contributed by atoms with Crippen LogP contribution in [0.5, 0.6) is 23.3 Å². The maximum absolute atomic E-state index is 9.76. The number of aromatic nitrogens is 1. The first kappa shape index (κ1) is 12.0. The molecule has 18 heavy (non-hydrogen) atoms. The fourth-order valence-electron chi connectivity index (χ4n) is 1.73. The van der Waals surface area contributed by atoms with Crippen LogP contribution in [0, 0.1) is 0 Å². The Kier molecular flexibility index (Phi) is 2.93. The minimum absolute atomic E-state index is 0.0437. The van der Waals surface area contributed by atoms with Crippen molar-refractivity contribution in [3.8, 4) is 23.3 Å². The smallest absolute Gasteiger partial charge is 0.232 e. The van der Waals surface area contributed by atoms with Crippen molar-refractivity contribution >= 4 is 0 Å². The molecule has 0 aliphatic rings. The molecule has 2 rings (SSSR count). The van der Waals surface area contributed by atoms with Crippen LogP contribution in [-0.4, -0.2) is 32.3 Å². The third-order valence-electron chi connectivity index (χ3n) is 2.62. The Balaban J connectivity index is 2.34. The van der Waals surface area contributed by atoms with Crippen molar-refractivity contribution in [1.29, 1.82) is 0 Å². The van der Waals surface area contributed by atoms with Crippen molar-refractivity contribution in [1.82, 2.24) is 4.73 Å². The monoisotopic (exact) mass is 251 g/mol. The molecule has 0 saturated carbocycles. The molecule has 2 aromatic rings. The van der Waals surface area contributed by atoms with E-state index in [2.05, 4.69) is 0 Å². The van der Waals surface area contributed by atoms with Crippen LogP contribution in [0.2, 0.25) is 0 Å². The van der Waals surface area contributed by atoms with Gasteiger partial charge in [-0.2, -0.15) is 0 Å². The van der Waals surface area contributed by atoms with Gasteiger partial charge in [0.2, 0.25) is 11.8 Å². The van der Waals surface area contributed by atoms with Gasteiger partial charge in [-0.15, -0.1) is 4.73 Å². The van der Waals surface area contributed by atoms with E-state index >= 15 is 0 Å². The van der Waals surface area contributed by atoms with Gasteiger partial charge in [-0.1, -0.05) is 6.07 Å². The topological polar surface area (TPSA) is 95.1 Å². The average molecular weight is 251 g/mol. The van der Waals surface area contributed by atoms with Crippen molar-refractivity contribution < 1.29 is 25.3 Å². The summed E-state index contributed by atoms with van der Waals surface area (Å²) in [7, 11) is 1.31. The number of hydrogen-bond acceptors (Lipinski definition) is 5. The molecule has 1 heterocycles. The first-order chi connectivity index (χ1) is 8.52. The number of benzene rings is 1. The van der Waals surface area contributed by atoms with Gasteiger partial charge in [0, 0.05) is 24.1 Å². The highest BCUT2D eigenvalue weighted by Crippen LogP contribution is 2.31. The lowest BCUT2D eigenvalue weighted by molar-refractivity contribution is 0.119. The number of nitrogens with zero attached hydrogens (tertiary/aromatic N) is 1. The molecule has 6 nitrogen and oxygen atoms in total. The molecule has 0 radical (unpaired) electrons. The second kappa shape index (κ2) is 4.40. The van der Waals surface area contributed by atoms with E-state index in [1.807, 2.05) is 0 Å². The van der Waals surface area contributed by atoms with Crippen molar-refractivity contribution in [2.75, 3.05) is 7.11 Å². The third-order valence-corrected chi connectivity index (χ3v) is 2.62. The van der Waals surface area contributed by atoms with E-state index < -0.39 is 0 Å². The van der Waals surface area contributed by atoms with Crippen molar-refractivity contribution in [3.63, 3.8) is 0 Å². The second-order valence-electron chi connectivity index (χ2n) is 3.82. The highest BCUT2D eigenvalue weighted by atomic mass is 16.7. The van der Waals surface area contributed by atoms with E-state index in [-0.39, 0.29) is 29.7 Å². The summed E-state index contributed by atoms with van der Waals surface area (Å²) in [5, 5.41) is 38.0. The molecule has 0 bridgehead atoms. The quantitative estimate of drug-likeness (QED) is 0.651. The summed E-state index contributed by atoms with van der Waals surface area (Å²) in [6.45, 7) is 0. The SMILES string of the molecule is COn1c(O)cc(Cc2ccc(O)cc2O)c1O. The average Bonchev–Trinajstić information content (AvgIpc) is 2.58. The van der Waals surface area contributed by atoms with Crippen molar-refractivity contribution in [2.45, 2.75) is 6.42 Å². The lowest BCUT2D eigenvalue weighted by atomic mass is 10.1. The number of hydrogen-bond donors (Lipinski definition) is 4. The number of aromatic hydroxyl groups is 4. The number of rotatable bonds is 3. The van der Waals surface area contributed by atoms with Gasteiger partial charge >= 0.3 is 0 Å². The summed E-state index contributed by atoms with van der Waals surface area (Å²) in [5.74, 6) is -0.595. The Morgan fingerprint density at radius 3 is 2.33 bits per heavy atom. The molecule has 0 saturated heterocycles. The molecule has 6 heteroatoms. The molecule has 0 aliphatic carbocycles. The molecule has 1 aromatic heterocycles. The van der Waals surface area contributed by atoms with Crippen molar-refractivity contribution in [3.05, 3.63) is 35.4 Å². The summed E-state index contributed by atoms with van der Waals surface area (Å²) in [6, 6.07) is 5.51. The van der Waals surface area contributed by atoms with Crippen LogP contribution in [0.25, 0.3) is 0 Å². The molecule has 96 valence electrons. The van der Waals surface area contributed by atoms with Crippen LogP contribution in [-0.2, 0) is 6.42 Å². The highest BCUT2D eigenvalue weighted by molar-refractivity contribution is 5.45. The van der Waals surface area contributed by atoms with Gasteiger partial charge in [0.1, 0.15) is 18.6 Å². The maximum Gasteiger partial charge on any atom is 0.232 e. The molecule has 0 atom stereocenters. The van der Waals surface area contributed by atoms with Gasteiger partial charge in [0.05, 0.1) is 0 Å². The molecule has 0 spiro atoms. The molecular weight excluding hydrogens is 238 g/mol. The number of phenolic OH excluding ortho intramolecular Hbond substituents is 2. The largest absolute Gasteiger partial charge is 0.508 e. The summed E-state index contributed by atoms with van der Waals surface area (Å²) in [6.07, 6.45) is 0.196. The minimum Gasteiger partial charge on any atom is -0.508 e. The predicted molar refractivity (Wildman–Crippen MR) is 62.8 cm³/mol. The standard InChI is InChI=1S/C12H13NO5/c1-18-13-11(16)5-8(12(13)17)4-7-2-3-9(14)6-10(7)15/h2-3,5-6,14-17H,4H2,1H3. The fraction of sp³-hybridized carbons (Fsp3) is 0.167. The van der Waals surface area contributed by atoms with Crippen molar-refractivity contribution in [2.24, 2.45) is 0 Å². The predicted octanol–water partition coefficient (Wildman–Crippen LogP) is 0.960. The van der Waals surface area contributed by atoms with Gasteiger partial charge in [-0.25, -0.2) is 0 Å². The van der Waals surface area contributed by atoms with E-state index in [0.717, 1.165) is 4.73 Å². The summed E-state index contributed by atoms with van der Waals surface area (Å²) < 4.78 is 0.868. The lowest BCUT2D eigenvalue weighted by Gasteiger charge is -2.05. The second-order valence-corrected chi connectivity index (χ2v) is 3.82. The Morgan fingerprint density at radius 2 is 1.78 bits per heavy atom. The summed E-state index contributed by atoms with van der Waals surface area (Å²) >= 11 is 0. The summed E-state index contributed by atoms with van der Waals surface area (Å²) in [5.41, 5.74) is 0.909. The zero-order chi connectivity index (χ0) is 13.3. The molecule has 4 N–H and O–H groups in total. The molecule has 0 unspecified atom stereocenters. The highest BCUT2D eigenvalue weighted by Gasteiger charge is 2.16. The van der Waals surface area contributed by atoms with E-state index in [0.29, 0.717) is 11.1 Å². The van der Waals surface area contributed by atoms with E-state index in [4.69, 9.17) is 4.84 Å². The zero-order valence-corrected chi connectivity index (χ0v) is 9.66. The third kappa shape index (κ3) is 2.00.